The zero-order chi connectivity index (χ0) is 41.1. The van der Waals surface area contributed by atoms with Gasteiger partial charge in [-0.15, -0.1) is 17.2 Å². The van der Waals surface area contributed by atoms with Crippen molar-refractivity contribution in [2.24, 2.45) is 0 Å². The van der Waals surface area contributed by atoms with Crippen LogP contribution in [0.4, 0.5) is 0 Å². The van der Waals surface area contributed by atoms with Crippen molar-refractivity contribution in [3.05, 3.63) is 159 Å². The van der Waals surface area contributed by atoms with Crippen molar-refractivity contribution in [1.82, 2.24) is 0 Å². The topological polar surface area (TPSA) is 120 Å². The molecule has 0 aliphatic heterocycles. The molecule has 0 amide bonds. The van der Waals surface area contributed by atoms with E-state index >= 15 is 0 Å². The zero-order valence-electron chi connectivity index (χ0n) is 32.7. The quantitative estimate of drug-likeness (QED) is 0.166. The normalized spacial score (nSPS) is 13.7. The Kier molecular flexibility index (Phi) is 10.1. The van der Waals surface area contributed by atoms with E-state index in [1.165, 1.54) is 0 Å². The molecule has 0 aromatic heterocycles. The van der Waals surface area contributed by atoms with Crippen molar-refractivity contribution in [3.63, 3.8) is 0 Å². The van der Waals surface area contributed by atoms with Crippen LogP contribution in [0.25, 0.3) is 101 Å². The molecule has 9 aromatic rings. The number of hydrogen-bond donors (Lipinski definition) is 0. The average Bonchev–Trinajstić information content (AvgIpc) is 3.25. The van der Waals surface area contributed by atoms with Crippen LogP contribution in [0.15, 0.2) is 127 Å². The van der Waals surface area contributed by atoms with Crippen LogP contribution < -0.4 is 46.6 Å². The molecule has 0 spiro atoms. The van der Waals surface area contributed by atoms with Gasteiger partial charge in [0.15, 0.2) is 17.3 Å². The van der Waals surface area contributed by atoms with E-state index in [2.05, 4.69) is 0 Å². The third-order valence-electron chi connectivity index (χ3n) is 11.6. The Balaban J connectivity index is 0.000000116. The Labute approximate surface area is 359 Å². The number of carbonyl (C=O) groups is 3. The van der Waals surface area contributed by atoms with E-state index in [1.807, 2.05) is 127 Å². The summed E-state index contributed by atoms with van der Waals surface area (Å²) in [6, 6.07) is 40.3. The zero-order valence-corrected chi connectivity index (χ0v) is 33.9. The fourth-order valence-electron chi connectivity index (χ4n) is 8.68. The fraction of sp³-hybridized carbons (Fsp3) is 0.0556. The smallest absolute Gasteiger partial charge is 0.872 e. The Hall–Kier alpha value is -7.30. The first-order valence-corrected chi connectivity index (χ1v) is 19.8. The number of fused-ring (bicyclic) bond motifs is 12. The number of Topliss-reactive ketones (excluding diaryl/α,β-unsaturated/α-hetero) is 3. The maximum absolute atomic E-state index is 12.3. The van der Waals surface area contributed by atoms with Gasteiger partial charge in [-0.05, 0) is 151 Å². The summed E-state index contributed by atoms with van der Waals surface area (Å²) in [6.45, 7) is 0. The number of benzene rings is 9. The molecule has 7 heteroatoms. The molecule has 0 heterocycles. The Morgan fingerprint density at radius 1 is 0.311 bits per heavy atom. The molecule has 3 aliphatic carbocycles. The van der Waals surface area contributed by atoms with Crippen LogP contribution in [-0.4, -0.2) is 34.7 Å². The molecule has 0 bridgehead atoms. The van der Waals surface area contributed by atoms with Crippen molar-refractivity contribution in [1.29, 1.82) is 0 Å². The molecule has 0 radical (unpaired) electrons. The molecule has 12 rings (SSSR count). The van der Waals surface area contributed by atoms with Gasteiger partial charge in [-0.2, -0.15) is 0 Å². The van der Waals surface area contributed by atoms with Gasteiger partial charge in [0.1, 0.15) is 0 Å². The average molecular weight is 805 g/mol. The van der Waals surface area contributed by atoms with Gasteiger partial charge in [-0.3, -0.25) is 14.4 Å². The summed E-state index contributed by atoms with van der Waals surface area (Å²) in [5, 5.41) is 53.5. The third kappa shape index (κ3) is 7.25. The summed E-state index contributed by atoms with van der Waals surface area (Å²) in [5.41, 5.74) is 0. The second-order valence-corrected chi connectivity index (χ2v) is 15.4. The predicted octanol–water partition coefficient (Wildman–Crippen LogP) is 4.42. The van der Waals surface area contributed by atoms with Crippen molar-refractivity contribution in [2.75, 3.05) is 0 Å². The molecule has 6 nitrogen and oxygen atoms in total. The van der Waals surface area contributed by atoms with Gasteiger partial charge in [-0.1, -0.05) is 109 Å². The molecular weight excluding hydrogens is 772 g/mol. The van der Waals surface area contributed by atoms with E-state index in [4.69, 9.17) is 0 Å². The maximum atomic E-state index is 12.3. The number of rotatable bonds is 0. The van der Waals surface area contributed by atoms with Gasteiger partial charge in [0.05, 0.1) is 0 Å². The fourth-order valence-corrected chi connectivity index (χ4v) is 8.68. The number of hydrogen-bond acceptors (Lipinski definition) is 6. The summed E-state index contributed by atoms with van der Waals surface area (Å²) in [6.07, 6.45) is 12.0. The van der Waals surface area contributed by atoms with E-state index in [9.17, 15) is 29.7 Å². The number of carbonyl (C=O) groups excluding carboxylic acids is 3. The van der Waals surface area contributed by atoms with Crippen molar-refractivity contribution >= 4 is 136 Å². The molecule has 0 saturated carbocycles. The van der Waals surface area contributed by atoms with Gasteiger partial charge in [0.25, 0.3) is 0 Å². The number of ketones is 3. The maximum Gasteiger partial charge on any atom is 3.00 e. The summed E-state index contributed by atoms with van der Waals surface area (Å²) >= 11 is 0. The monoisotopic (exact) mass is 804 g/mol. The first kappa shape index (κ1) is 39.2. The molecule has 0 unspecified atom stereocenters. The molecule has 0 fully saturated rings. The van der Waals surface area contributed by atoms with Gasteiger partial charge in [0, 0.05) is 19.3 Å². The molecule has 0 atom stereocenters. The second-order valence-electron chi connectivity index (χ2n) is 15.4. The van der Waals surface area contributed by atoms with E-state index in [0.29, 0.717) is 35.4 Å². The molecule has 0 saturated heterocycles. The van der Waals surface area contributed by atoms with E-state index in [-0.39, 0.29) is 52.0 Å². The summed E-state index contributed by atoms with van der Waals surface area (Å²) in [5.74, 6) is 0.286. The SMILES string of the molecule is O=C1C=c2cc3c([O-])cc4ccccc4c3cc2=CC1.O=C1C=c2cc3c([O-])cc4ccccc4c3cc2=CC1.O=C1C=c2cc3c([O-])cc4ccccc4c3cc2=CC1.[Al+3]. The van der Waals surface area contributed by atoms with Crippen LogP contribution >= 0.6 is 0 Å². The molecule has 288 valence electrons. The Morgan fingerprint density at radius 3 is 0.869 bits per heavy atom. The molecule has 9 aromatic carbocycles. The first-order chi connectivity index (χ1) is 29.2. The largest absolute Gasteiger partial charge is 3.00 e. The standard InChI is InChI=1S/3C18H12O2.Al/c3*19-14-6-5-11-8-16-15-4-2-1-3-12(15)10-18(20)17(16)9-13(11)7-14;/h3*1-5,7-10,20H,6H2;/q;;;+3/p-3. The molecule has 0 N–H and O–H groups in total. The molecule has 61 heavy (non-hydrogen) atoms. The van der Waals surface area contributed by atoms with Crippen molar-refractivity contribution in [3.8, 4) is 17.2 Å². The first-order valence-electron chi connectivity index (χ1n) is 19.8. The minimum Gasteiger partial charge on any atom is -0.872 e. The van der Waals surface area contributed by atoms with Gasteiger partial charge in [-0.25, -0.2) is 0 Å². The van der Waals surface area contributed by atoms with Crippen LogP contribution in [0.5, 0.6) is 17.2 Å². The predicted molar refractivity (Wildman–Crippen MR) is 242 cm³/mol. The summed E-state index contributed by atoms with van der Waals surface area (Å²) in [4.78, 5) is 34.5. The third-order valence-corrected chi connectivity index (χ3v) is 11.6. The summed E-state index contributed by atoms with van der Waals surface area (Å²) < 4.78 is 0. The molecular formula is C54H33AlO6. The van der Waals surface area contributed by atoms with Crippen LogP contribution in [0, 0.1) is 0 Å². The van der Waals surface area contributed by atoms with Gasteiger partial charge >= 0.3 is 17.4 Å². The molecule has 3 aliphatic rings. The second kappa shape index (κ2) is 15.7. The minimum atomic E-state index is 0. The summed E-state index contributed by atoms with van der Waals surface area (Å²) in [7, 11) is 0. The van der Waals surface area contributed by atoms with Gasteiger partial charge in [0.2, 0.25) is 0 Å². The van der Waals surface area contributed by atoms with Crippen LogP contribution in [0.2, 0.25) is 0 Å². The van der Waals surface area contributed by atoms with Crippen molar-refractivity contribution < 1.29 is 29.7 Å². The minimum absolute atomic E-state index is 0. The van der Waals surface area contributed by atoms with Crippen LogP contribution in [0.1, 0.15) is 19.3 Å². The van der Waals surface area contributed by atoms with Crippen LogP contribution in [-0.2, 0) is 14.4 Å². The Bertz CT molecular complexity index is 3400. The van der Waals surface area contributed by atoms with Gasteiger partial charge < -0.3 is 15.3 Å². The van der Waals surface area contributed by atoms with Crippen molar-refractivity contribution in [2.45, 2.75) is 19.3 Å². The Morgan fingerprint density at radius 2 is 0.574 bits per heavy atom. The van der Waals surface area contributed by atoms with Crippen LogP contribution in [0.3, 0.4) is 0 Å². The van der Waals surface area contributed by atoms with E-state index in [0.717, 1.165) is 79.8 Å². The van der Waals surface area contributed by atoms with E-state index < -0.39 is 0 Å². The van der Waals surface area contributed by atoms with E-state index in [1.54, 1.807) is 36.4 Å².